The fraction of sp³-hybridized carbons (Fsp3) is 0.714. The molecule has 1 aromatic rings. The van der Waals surface area contributed by atoms with Crippen molar-refractivity contribution in [3.63, 3.8) is 0 Å². The number of β-amino-alcohol motifs (C(OH)–C–C–N with tert-alkyl or cyclic N) is 1. The first-order chi connectivity index (χ1) is 13.3. The molecule has 0 aliphatic carbocycles. The van der Waals surface area contributed by atoms with Crippen LogP contribution in [0.1, 0.15) is 5.56 Å². The minimum Gasteiger partial charge on any atom is -0.390 e. The first-order valence-electron chi connectivity index (χ1n) is 10.5. The molecule has 3 aliphatic rings. The molecule has 3 fully saturated rings. The third-order valence-electron chi connectivity index (χ3n) is 6.30. The number of rotatable bonds is 6. The molecule has 3 saturated heterocycles. The number of aliphatic hydroxyl groups is 1. The first kappa shape index (κ1) is 19.3. The van der Waals surface area contributed by atoms with Gasteiger partial charge in [-0.3, -0.25) is 19.6 Å². The van der Waals surface area contributed by atoms with Crippen molar-refractivity contribution in [2.45, 2.75) is 18.7 Å². The molecular weight excluding hydrogens is 340 g/mol. The summed E-state index contributed by atoms with van der Waals surface area (Å²) in [7, 11) is 0. The number of hydrogen-bond acceptors (Lipinski definition) is 6. The van der Waals surface area contributed by atoms with Crippen molar-refractivity contribution in [1.29, 1.82) is 0 Å². The highest BCUT2D eigenvalue weighted by molar-refractivity contribution is 5.14. The van der Waals surface area contributed by atoms with Gasteiger partial charge in [0.05, 0.1) is 19.3 Å². The molecule has 6 nitrogen and oxygen atoms in total. The number of benzene rings is 1. The number of ether oxygens (including phenoxy) is 1. The molecule has 0 unspecified atom stereocenters. The summed E-state index contributed by atoms with van der Waals surface area (Å²) in [5.74, 6) is 0. The van der Waals surface area contributed by atoms with Crippen LogP contribution in [0.15, 0.2) is 30.3 Å². The van der Waals surface area contributed by atoms with Gasteiger partial charge in [0, 0.05) is 78.0 Å². The van der Waals surface area contributed by atoms with E-state index in [1.807, 2.05) is 0 Å². The Kier molecular flexibility index (Phi) is 6.76. The van der Waals surface area contributed by atoms with E-state index in [-0.39, 0.29) is 12.1 Å². The Hall–Kier alpha value is -1.02. The van der Waals surface area contributed by atoms with Crippen molar-refractivity contribution in [1.82, 2.24) is 19.6 Å². The Bertz CT molecular complexity index is 559. The molecule has 0 saturated carbocycles. The summed E-state index contributed by atoms with van der Waals surface area (Å²) in [5, 5.41) is 10.5. The largest absolute Gasteiger partial charge is 0.390 e. The van der Waals surface area contributed by atoms with Crippen LogP contribution in [0.3, 0.4) is 0 Å². The van der Waals surface area contributed by atoms with Crippen LogP contribution in [0.25, 0.3) is 0 Å². The van der Waals surface area contributed by atoms with Crippen LogP contribution in [-0.4, -0.2) is 116 Å². The van der Waals surface area contributed by atoms with Gasteiger partial charge in [0.25, 0.3) is 0 Å². The SMILES string of the molecule is O[C@H]1CN(CCN2CCN(Cc3ccccc3)CC2)C[C@@H]1N1CCOCC1. The Balaban J connectivity index is 1.16. The third-order valence-corrected chi connectivity index (χ3v) is 6.30. The lowest BCUT2D eigenvalue weighted by atomic mass is 10.2. The molecule has 1 N–H and O–H groups in total. The predicted octanol–water partition coefficient (Wildman–Crippen LogP) is 0.182. The van der Waals surface area contributed by atoms with E-state index in [1.165, 1.54) is 5.56 Å². The smallest absolute Gasteiger partial charge is 0.0834 e. The second-order valence-corrected chi connectivity index (χ2v) is 8.15. The summed E-state index contributed by atoms with van der Waals surface area (Å²) in [6, 6.07) is 11.1. The zero-order valence-corrected chi connectivity index (χ0v) is 16.4. The van der Waals surface area contributed by atoms with E-state index in [4.69, 9.17) is 4.74 Å². The molecule has 3 aliphatic heterocycles. The number of morpholine rings is 1. The Morgan fingerprint density at radius 2 is 1.48 bits per heavy atom. The highest BCUT2D eigenvalue weighted by Crippen LogP contribution is 2.18. The summed E-state index contributed by atoms with van der Waals surface area (Å²) < 4.78 is 5.45. The van der Waals surface area contributed by atoms with Gasteiger partial charge in [0.15, 0.2) is 0 Å². The minimum atomic E-state index is -0.217. The van der Waals surface area contributed by atoms with Gasteiger partial charge in [0.2, 0.25) is 0 Å². The summed E-state index contributed by atoms with van der Waals surface area (Å²) in [6.45, 7) is 13.2. The van der Waals surface area contributed by atoms with Crippen LogP contribution in [0.2, 0.25) is 0 Å². The summed E-state index contributed by atoms with van der Waals surface area (Å²) in [5.41, 5.74) is 1.41. The zero-order chi connectivity index (χ0) is 18.5. The zero-order valence-electron chi connectivity index (χ0n) is 16.4. The lowest BCUT2D eigenvalue weighted by Crippen LogP contribution is -2.49. The first-order valence-corrected chi connectivity index (χ1v) is 10.5. The minimum absolute atomic E-state index is 0.217. The average Bonchev–Trinajstić information content (AvgIpc) is 3.09. The van der Waals surface area contributed by atoms with Gasteiger partial charge in [-0.15, -0.1) is 0 Å². The van der Waals surface area contributed by atoms with Gasteiger partial charge in [-0.05, 0) is 5.56 Å². The van der Waals surface area contributed by atoms with Gasteiger partial charge in [-0.2, -0.15) is 0 Å². The highest BCUT2D eigenvalue weighted by Gasteiger charge is 2.36. The van der Waals surface area contributed by atoms with Crippen molar-refractivity contribution in [2.75, 3.05) is 78.7 Å². The normalized spacial score (nSPS) is 29.4. The fourth-order valence-electron chi connectivity index (χ4n) is 4.59. The Morgan fingerprint density at radius 3 is 2.22 bits per heavy atom. The average molecular weight is 375 g/mol. The van der Waals surface area contributed by atoms with E-state index in [0.717, 1.165) is 85.2 Å². The van der Waals surface area contributed by atoms with Crippen LogP contribution in [0.4, 0.5) is 0 Å². The third kappa shape index (κ3) is 5.28. The van der Waals surface area contributed by atoms with E-state index >= 15 is 0 Å². The molecule has 6 heteroatoms. The predicted molar refractivity (Wildman–Crippen MR) is 107 cm³/mol. The number of aliphatic hydroxyl groups excluding tert-OH is 1. The monoisotopic (exact) mass is 374 g/mol. The summed E-state index contributed by atoms with van der Waals surface area (Å²) in [4.78, 5) is 9.99. The summed E-state index contributed by atoms with van der Waals surface area (Å²) >= 11 is 0. The van der Waals surface area contributed by atoms with E-state index in [9.17, 15) is 5.11 Å². The van der Waals surface area contributed by atoms with Crippen molar-refractivity contribution in [3.05, 3.63) is 35.9 Å². The second kappa shape index (κ2) is 9.45. The van der Waals surface area contributed by atoms with Gasteiger partial charge < -0.3 is 9.84 Å². The van der Waals surface area contributed by atoms with Crippen LogP contribution >= 0.6 is 0 Å². The molecule has 2 atom stereocenters. The van der Waals surface area contributed by atoms with Gasteiger partial charge >= 0.3 is 0 Å². The summed E-state index contributed by atoms with van der Waals surface area (Å²) in [6.07, 6.45) is -0.217. The van der Waals surface area contributed by atoms with E-state index in [1.54, 1.807) is 0 Å². The molecule has 0 aromatic heterocycles. The molecular formula is C21H34N4O2. The number of piperazine rings is 1. The highest BCUT2D eigenvalue weighted by atomic mass is 16.5. The molecule has 0 spiro atoms. The second-order valence-electron chi connectivity index (χ2n) is 8.15. The number of likely N-dealkylation sites (tertiary alicyclic amines) is 1. The molecule has 0 bridgehead atoms. The van der Waals surface area contributed by atoms with Crippen LogP contribution in [0, 0.1) is 0 Å². The van der Waals surface area contributed by atoms with Crippen molar-refractivity contribution >= 4 is 0 Å². The van der Waals surface area contributed by atoms with Crippen molar-refractivity contribution in [3.8, 4) is 0 Å². The van der Waals surface area contributed by atoms with Crippen molar-refractivity contribution in [2.24, 2.45) is 0 Å². The quantitative estimate of drug-likeness (QED) is 0.766. The maximum Gasteiger partial charge on any atom is 0.0834 e. The Morgan fingerprint density at radius 1 is 0.815 bits per heavy atom. The van der Waals surface area contributed by atoms with Gasteiger partial charge in [0.1, 0.15) is 0 Å². The van der Waals surface area contributed by atoms with Crippen LogP contribution in [-0.2, 0) is 11.3 Å². The molecule has 3 heterocycles. The van der Waals surface area contributed by atoms with Gasteiger partial charge in [-0.25, -0.2) is 0 Å². The lowest BCUT2D eigenvalue weighted by Gasteiger charge is -2.35. The molecule has 0 amide bonds. The maximum atomic E-state index is 10.5. The fourth-order valence-corrected chi connectivity index (χ4v) is 4.59. The van der Waals surface area contributed by atoms with E-state index < -0.39 is 0 Å². The number of hydrogen-bond donors (Lipinski definition) is 1. The standard InChI is InChI=1S/C21H34N4O2/c26-21-18-24(17-20(21)25-12-14-27-15-13-25)11-8-22-6-9-23(10-7-22)16-19-4-2-1-3-5-19/h1-5,20-21,26H,6-18H2/t20-,21-/m0/s1. The topological polar surface area (TPSA) is 42.4 Å². The van der Waals surface area contributed by atoms with E-state index in [2.05, 4.69) is 49.9 Å². The Labute approximate surface area is 163 Å². The van der Waals surface area contributed by atoms with E-state index in [0.29, 0.717) is 0 Å². The van der Waals surface area contributed by atoms with Crippen LogP contribution < -0.4 is 0 Å². The maximum absolute atomic E-state index is 10.5. The van der Waals surface area contributed by atoms with Crippen LogP contribution in [0.5, 0.6) is 0 Å². The molecule has 150 valence electrons. The molecule has 0 radical (unpaired) electrons. The molecule has 1 aromatic carbocycles. The van der Waals surface area contributed by atoms with Gasteiger partial charge in [-0.1, -0.05) is 30.3 Å². The number of nitrogens with zero attached hydrogens (tertiary/aromatic N) is 4. The molecule has 4 rings (SSSR count). The molecule has 27 heavy (non-hydrogen) atoms. The lowest BCUT2D eigenvalue weighted by molar-refractivity contribution is -0.00618. The van der Waals surface area contributed by atoms with Crippen molar-refractivity contribution < 1.29 is 9.84 Å².